The maximum atomic E-state index is 10.1. The van der Waals surface area contributed by atoms with Gasteiger partial charge < -0.3 is 5.11 Å². The van der Waals surface area contributed by atoms with E-state index in [0.717, 1.165) is 0 Å². The minimum atomic E-state index is -0.735. The van der Waals surface area contributed by atoms with E-state index in [1.165, 1.54) is 0 Å². The third-order valence-corrected chi connectivity index (χ3v) is 13.2. The molecule has 0 spiro atoms. The van der Waals surface area contributed by atoms with Crippen LogP contribution in [0.5, 0.6) is 0 Å². The second kappa shape index (κ2) is 5.61. The van der Waals surface area contributed by atoms with Crippen molar-refractivity contribution in [3.05, 3.63) is 0 Å². The lowest BCUT2D eigenvalue weighted by Crippen LogP contribution is -2.45. The summed E-state index contributed by atoms with van der Waals surface area (Å²) in [5, 5.41) is 10.1. The fraction of sp³-hybridized carbons (Fsp3) is 1.00. The molecule has 1 N–H and O–H groups in total. The second-order valence-electron chi connectivity index (χ2n) is 1.62. The lowest BCUT2D eigenvalue weighted by atomic mass is 10.5. The van der Waals surface area contributed by atoms with Crippen molar-refractivity contribution >= 4 is 158 Å². The Morgan fingerprint density at radius 3 is 0.818 bits per heavy atom. The van der Waals surface area contributed by atoms with Gasteiger partial charge in [-0.2, -0.15) is 0 Å². The summed E-state index contributed by atoms with van der Waals surface area (Å²) >= 11 is 15.6. The molecule has 0 atom stereocenters. The van der Waals surface area contributed by atoms with E-state index in [4.69, 9.17) is 0 Å². The molecule has 0 aliphatic rings. The first-order valence-electron chi connectivity index (χ1n) is 2.05. The molecule has 0 heterocycles. The van der Waals surface area contributed by atoms with Gasteiger partial charge in [0.15, 0.2) is 2.48 Å². The fourth-order valence-electron chi connectivity index (χ4n) is 0.161. The van der Waals surface area contributed by atoms with Gasteiger partial charge in [0.25, 0.3) is 0 Å². The summed E-state index contributed by atoms with van der Waals surface area (Å²) in [5.74, 6) is 0. The highest BCUT2D eigenvalue weighted by molar-refractivity contribution is 14.3. The van der Waals surface area contributed by atoms with Crippen molar-refractivity contribution in [1.29, 1.82) is 0 Å². The number of rotatable bonds is 2. The highest BCUT2D eigenvalue weighted by Gasteiger charge is 2.55. The van der Waals surface area contributed by atoms with Crippen LogP contribution in [0.15, 0.2) is 0 Å². The maximum absolute atomic E-state index is 10.1. The van der Waals surface area contributed by atoms with Gasteiger partial charge in [-0.15, -0.1) is 0 Å². The van der Waals surface area contributed by atoms with Gasteiger partial charge in [-0.05, 0) is 22.6 Å². The van der Waals surface area contributed by atoms with Crippen molar-refractivity contribution in [3.8, 4) is 0 Å². The monoisotopic (exact) mass is 941 g/mol. The Balaban J connectivity index is 4.75. The van der Waals surface area contributed by atoms with Crippen LogP contribution in [0.1, 0.15) is 0 Å². The van der Waals surface area contributed by atoms with Gasteiger partial charge in [0.1, 0.15) is 0 Å². The molecule has 0 unspecified atom stereocenters. The van der Waals surface area contributed by atoms with Crippen LogP contribution in [0.4, 0.5) is 0 Å². The molecule has 0 rings (SSSR count). The molecule has 0 aromatic rings. The van der Waals surface area contributed by atoms with Crippen LogP contribution in [-0.4, -0.2) is 7.58 Å². The summed E-state index contributed by atoms with van der Waals surface area (Å²) in [5.41, 5.74) is 0. The van der Waals surface area contributed by atoms with Gasteiger partial charge >= 0.3 is 0 Å². The van der Waals surface area contributed by atoms with E-state index in [1.54, 1.807) is 0 Å². The van der Waals surface area contributed by atoms with Crippen molar-refractivity contribution in [1.82, 2.24) is 0 Å². The third-order valence-electron chi connectivity index (χ3n) is 0.751. The second-order valence-corrected chi connectivity index (χ2v) is 25.3. The average Bonchev–Trinajstić information content (AvgIpc) is 1.58. The predicted octanol–water partition coefficient (Wildman–Crippen LogP) is 5.03. The standard InChI is InChI=1S/C3HI7O/c4-1(11,2(5,6)7)3(8,9)10/h11H. The zero-order valence-corrected chi connectivity index (χ0v) is 19.7. The van der Waals surface area contributed by atoms with Crippen LogP contribution in [0.25, 0.3) is 0 Å². The first kappa shape index (κ1) is 16.1. The summed E-state index contributed by atoms with van der Waals surface area (Å²) in [4.78, 5) is 0. The van der Waals surface area contributed by atoms with E-state index >= 15 is 0 Å². The lowest BCUT2D eigenvalue weighted by Gasteiger charge is -2.37. The quantitative estimate of drug-likeness (QED) is 0.305. The van der Waals surface area contributed by atoms with Crippen molar-refractivity contribution in [2.24, 2.45) is 0 Å². The first-order chi connectivity index (χ1) is 4.50. The van der Waals surface area contributed by atoms with Gasteiger partial charge in [-0.1, -0.05) is 136 Å². The minimum absolute atomic E-state index is 0.190. The molecular weight excluding hydrogens is 940 g/mol. The molecule has 0 aromatic heterocycles. The predicted molar refractivity (Wildman–Crippen MR) is 109 cm³/mol. The molecule has 0 saturated heterocycles. The van der Waals surface area contributed by atoms with Crippen molar-refractivity contribution in [2.75, 3.05) is 0 Å². The van der Waals surface area contributed by atoms with Crippen LogP contribution < -0.4 is 0 Å². The van der Waals surface area contributed by atoms with E-state index in [9.17, 15) is 5.11 Å². The molecule has 1 nitrogen and oxygen atoms in total. The van der Waals surface area contributed by atoms with Gasteiger partial charge in [-0.3, -0.25) is 0 Å². The van der Waals surface area contributed by atoms with Crippen LogP contribution in [-0.2, 0) is 0 Å². The van der Waals surface area contributed by atoms with Crippen LogP contribution in [0.3, 0.4) is 0 Å². The molecule has 0 amide bonds. The normalized spacial score (nSPS) is 15.3. The van der Waals surface area contributed by atoms with E-state index in [1.807, 2.05) is 0 Å². The Kier molecular flexibility index (Phi) is 8.19. The van der Waals surface area contributed by atoms with Gasteiger partial charge in [0.05, 0.1) is 0 Å². The summed E-state index contributed by atoms with van der Waals surface area (Å²) in [7, 11) is 0. The Hall–Kier alpha value is 5.07. The number of alkyl halides is 7. The fourth-order valence-corrected chi connectivity index (χ4v) is 7.23. The highest BCUT2D eigenvalue weighted by atomic mass is 127. The van der Waals surface area contributed by atoms with E-state index in [-0.39, 0.29) is -1.13 Å². The highest BCUT2D eigenvalue weighted by Crippen LogP contribution is 2.61. The molecule has 0 bridgehead atoms. The molecule has 0 aliphatic carbocycles. The molecule has 0 radical (unpaired) electrons. The third kappa shape index (κ3) is 4.84. The summed E-state index contributed by atoms with van der Waals surface area (Å²) in [6, 6.07) is 0. The van der Waals surface area contributed by atoms with Gasteiger partial charge in [-0.25, -0.2) is 0 Å². The Morgan fingerprint density at radius 2 is 0.818 bits per heavy atom. The number of aliphatic hydroxyl groups is 1. The molecule has 0 aliphatic heterocycles. The van der Waals surface area contributed by atoms with Crippen molar-refractivity contribution in [2.45, 2.75) is 2.48 Å². The minimum Gasteiger partial charge on any atom is -0.374 e. The molecule has 8 heteroatoms. The number of halogens is 7. The Labute approximate surface area is 161 Å². The van der Waals surface area contributed by atoms with Gasteiger partial charge in [0.2, 0.25) is 0 Å². The van der Waals surface area contributed by atoms with Crippen molar-refractivity contribution < 1.29 is 5.11 Å². The summed E-state index contributed by atoms with van der Waals surface area (Å²) in [6.07, 6.45) is 0. The van der Waals surface area contributed by atoms with Crippen LogP contribution in [0.2, 0.25) is 0 Å². The topological polar surface area (TPSA) is 20.2 Å². The summed E-state index contributed by atoms with van der Waals surface area (Å²) in [6.45, 7) is 0. The summed E-state index contributed by atoms with van der Waals surface area (Å²) < 4.78 is -1.12. The molecule has 68 valence electrons. The first-order valence-corrected chi connectivity index (χ1v) is 9.60. The Morgan fingerprint density at radius 1 is 0.636 bits per heavy atom. The molecular formula is C3HI7O. The van der Waals surface area contributed by atoms with E-state index < -0.39 is 3.61 Å². The number of hydrogen-bond acceptors (Lipinski definition) is 1. The SMILES string of the molecule is OC(I)(C(I)(I)I)C(I)(I)I. The largest absolute Gasteiger partial charge is 0.374 e. The Bertz CT molecular complexity index is 125. The average molecular weight is 941 g/mol. The maximum Gasteiger partial charge on any atom is 0.180 e. The molecule has 0 fully saturated rings. The molecule has 11 heavy (non-hydrogen) atoms. The van der Waals surface area contributed by atoms with Gasteiger partial charge in [0, 0.05) is 0 Å². The number of hydrogen-bond donors (Lipinski definition) is 1. The van der Waals surface area contributed by atoms with Crippen molar-refractivity contribution in [3.63, 3.8) is 0 Å². The zero-order chi connectivity index (χ0) is 9.50. The smallest absolute Gasteiger partial charge is 0.180 e. The van der Waals surface area contributed by atoms with E-state index in [2.05, 4.69) is 158 Å². The van der Waals surface area contributed by atoms with Crippen LogP contribution in [0, 0.1) is 0 Å². The van der Waals surface area contributed by atoms with E-state index in [0.29, 0.717) is 0 Å². The lowest BCUT2D eigenvalue weighted by molar-refractivity contribution is 0.199. The zero-order valence-electron chi connectivity index (χ0n) is 4.59. The molecule has 0 aromatic carbocycles. The van der Waals surface area contributed by atoms with Crippen LogP contribution >= 0.6 is 158 Å². The molecule has 0 saturated carbocycles.